The first-order valence-corrected chi connectivity index (χ1v) is 8.00. The molecule has 2 rings (SSSR count). The van der Waals surface area contributed by atoms with Crippen LogP contribution in [0.3, 0.4) is 0 Å². The molecule has 0 aromatic heterocycles. The maximum Gasteiger partial charge on any atom is 0.317 e. The van der Waals surface area contributed by atoms with E-state index >= 15 is 0 Å². The van der Waals surface area contributed by atoms with Crippen molar-refractivity contribution in [3.8, 4) is 5.75 Å². The molecule has 1 heterocycles. The number of hydrogen-bond acceptors (Lipinski definition) is 3. The molecule has 1 aliphatic rings. The van der Waals surface area contributed by atoms with Crippen LogP contribution in [0.25, 0.3) is 0 Å². The number of nitrogens with two attached hydrogens (primary N) is 1. The molecule has 6 heteroatoms. The van der Waals surface area contributed by atoms with Crippen molar-refractivity contribution in [3.63, 3.8) is 0 Å². The second-order valence-corrected chi connectivity index (χ2v) is 5.99. The number of carbonyl (C=O) groups excluding carboxylic acids is 2. The lowest BCUT2D eigenvalue weighted by Crippen LogP contribution is -2.40. The van der Waals surface area contributed by atoms with Crippen LogP contribution in [0.2, 0.25) is 0 Å². The van der Waals surface area contributed by atoms with Gasteiger partial charge in [0, 0.05) is 19.6 Å². The molecule has 1 unspecified atom stereocenters. The minimum absolute atomic E-state index is 0.138. The summed E-state index contributed by atoms with van der Waals surface area (Å²) < 4.78 is 5.80. The number of likely N-dealkylation sites (tertiary alicyclic amines) is 1. The van der Waals surface area contributed by atoms with Crippen LogP contribution in [0.5, 0.6) is 5.75 Å². The Hall–Kier alpha value is -2.24. The van der Waals surface area contributed by atoms with Crippen LogP contribution in [0.4, 0.5) is 4.79 Å². The van der Waals surface area contributed by atoms with Crippen molar-refractivity contribution in [2.45, 2.75) is 26.7 Å². The van der Waals surface area contributed by atoms with Gasteiger partial charge in [0.05, 0.1) is 12.5 Å². The van der Waals surface area contributed by atoms with Crippen molar-refractivity contribution in [3.05, 3.63) is 29.3 Å². The van der Waals surface area contributed by atoms with E-state index in [9.17, 15) is 9.59 Å². The summed E-state index contributed by atoms with van der Waals surface area (Å²) in [6.07, 6.45) is 1.38. The van der Waals surface area contributed by atoms with E-state index in [1.165, 1.54) is 0 Å². The molecule has 0 spiro atoms. The first-order chi connectivity index (χ1) is 11.0. The molecule has 0 bridgehead atoms. The molecule has 6 nitrogen and oxygen atoms in total. The van der Waals surface area contributed by atoms with Crippen LogP contribution in [-0.2, 0) is 4.79 Å². The van der Waals surface area contributed by atoms with Gasteiger partial charge in [-0.3, -0.25) is 4.79 Å². The average molecular weight is 319 g/mol. The number of primary amides is 1. The zero-order valence-electron chi connectivity index (χ0n) is 13.8. The second kappa shape index (κ2) is 7.85. The number of urea groups is 1. The number of hydrogen-bond donors (Lipinski definition) is 2. The number of nitrogens with one attached hydrogen (secondary N) is 1. The quantitative estimate of drug-likeness (QED) is 0.781. The summed E-state index contributed by atoms with van der Waals surface area (Å²) in [5.41, 5.74) is 7.49. The van der Waals surface area contributed by atoms with Crippen LogP contribution in [-0.4, -0.2) is 43.1 Å². The number of carbonyl (C=O) groups is 2. The summed E-state index contributed by atoms with van der Waals surface area (Å²) in [7, 11) is 0. The van der Waals surface area contributed by atoms with E-state index in [1.54, 1.807) is 4.90 Å². The van der Waals surface area contributed by atoms with E-state index in [-0.39, 0.29) is 17.9 Å². The first-order valence-electron chi connectivity index (χ1n) is 8.00. The van der Waals surface area contributed by atoms with Gasteiger partial charge in [-0.2, -0.15) is 0 Å². The summed E-state index contributed by atoms with van der Waals surface area (Å²) in [5.74, 6) is 0.373. The topological polar surface area (TPSA) is 84.7 Å². The highest BCUT2D eigenvalue weighted by Gasteiger charge is 2.29. The van der Waals surface area contributed by atoms with Gasteiger partial charge in [0.1, 0.15) is 5.75 Å². The molecule has 3 N–H and O–H groups in total. The third-order valence-electron chi connectivity index (χ3n) is 4.13. The Morgan fingerprint density at radius 1 is 1.35 bits per heavy atom. The smallest absolute Gasteiger partial charge is 0.317 e. The Labute approximate surface area is 137 Å². The van der Waals surface area contributed by atoms with Crippen molar-refractivity contribution >= 4 is 11.9 Å². The molecule has 1 aromatic carbocycles. The van der Waals surface area contributed by atoms with Gasteiger partial charge in [-0.15, -0.1) is 0 Å². The molecule has 0 aliphatic carbocycles. The van der Waals surface area contributed by atoms with Crippen molar-refractivity contribution < 1.29 is 14.3 Å². The molecular weight excluding hydrogens is 294 g/mol. The number of rotatable bonds is 6. The molecular formula is C17H25N3O3. The molecule has 0 radical (unpaired) electrons. The SMILES string of the molecule is Cc1cccc(C)c1OCCCNC(=O)N1CCC(C(N)=O)C1. The molecule has 3 amide bonds. The van der Waals surface area contributed by atoms with Crippen LogP contribution in [0, 0.1) is 19.8 Å². The van der Waals surface area contributed by atoms with Gasteiger partial charge in [-0.25, -0.2) is 4.79 Å². The van der Waals surface area contributed by atoms with E-state index < -0.39 is 0 Å². The van der Waals surface area contributed by atoms with E-state index in [0.29, 0.717) is 32.7 Å². The molecule has 126 valence electrons. The van der Waals surface area contributed by atoms with Crippen LogP contribution in [0.1, 0.15) is 24.0 Å². The van der Waals surface area contributed by atoms with Gasteiger partial charge in [0.25, 0.3) is 0 Å². The highest BCUT2D eigenvalue weighted by atomic mass is 16.5. The molecule has 1 aromatic rings. The highest BCUT2D eigenvalue weighted by molar-refractivity contribution is 5.80. The van der Waals surface area contributed by atoms with Gasteiger partial charge in [0.15, 0.2) is 0 Å². The van der Waals surface area contributed by atoms with Gasteiger partial charge < -0.3 is 20.7 Å². The second-order valence-electron chi connectivity index (χ2n) is 5.99. The predicted octanol–water partition coefficient (Wildman–Crippen LogP) is 1.59. The third kappa shape index (κ3) is 4.61. The number of nitrogens with zero attached hydrogens (tertiary/aromatic N) is 1. The number of amides is 3. The largest absolute Gasteiger partial charge is 0.493 e. The fraction of sp³-hybridized carbons (Fsp3) is 0.529. The Kier molecular flexibility index (Phi) is 5.84. The van der Waals surface area contributed by atoms with E-state index in [4.69, 9.17) is 10.5 Å². The number of para-hydroxylation sites is 1. The number of ether oxygens (including phenoxy) is 1. The Morgan fingerprint density at radius 3 is 2.65 bits per heavy atom. The monoisotopic (exact) mass is 319 g/mol. The maximum atomic E-state index is 12.0. The number of aryl methyl sites for hydroxylation is 2. The minimum Gasteiger partial charge on any atom is -0.493 e. The average Bonchev–Trinajstić information content (AvgIpc) is 2.99. The van der Waals surface area contributed by atoms with Gasteiger partial charge in [0.2, 0.25) is 5.91 Å². The maximum absolute atomic E-state index is 12.0. The normalized spacial score (nSPS) is 17.1. The molecule has 1 saturated heterocycles. The van der Waals surface area contributed by atoms with E-state index in [0.717, 1.165) is 23.3 Å². The molecule has 23 heavy (non-hydrogen) atoms. The lowest BCUT2D eigenvalue weighted by Gasteiger charge is -2.17. The van der Waals surface area contributed by atoms with Crippen molar-refractivity contribution in [2.24, 2.45) is 11.7 Å². The molecule has 1 aliphatic heterocycles. The van der Waals surface area contributed by atoms with E-state index in [1.807, 2.05) is 32.0 Å². The predicted molar refractivity (Wildman–Crippen MR) is 88.3 cm³/mol. The fourth-order valence-electron chi connectivity index (χ4n) is 2.76. The van der Waals surface area contributed by atoms with Crippen molar-refractivity contribution in [1.29, 1.82) is 0 Å². The van der Waals surface area contributed by atoms with E-state index in [2.05, 4.69) is 5.32 Å². The zero-order chi connectivity index (χ0) is 16.8. The molecule has 0 saturated carbocycles. The van der Waals surface area contributed by atoms with Crippen molar-refractivity contribution in [1.82, 2.24) is 10.2 Å². The first kappa shape index (κ1) is 17.1. The lowest BCUT2D eigenvalue weighted by atomic mass is 10.1. The Bertz CT molecular complexity index is 554. The van der Waals surface area contributed by atoms with Crippen LogP contribution < -0.4 is 15.8 Å². The van der Waals surface area contributed by atoms with Gasteiger partial charge in [-0.1, -0.05) is 18.2 Å². The third-order valence-corrected chi connectivity index (χ3v) is 4.13. The standard InChI is InChI=1S/C17H25N3O3/c1-12-5-3-6-13(2)15(12)23-10-4-8-19-17(22)20-9-7-14(11-20)16(18)21/h3,5-6,14H,4,7-11H2,1-2H3,(H2,18,21)(H,19,22). The highest BCUT2D eigenvalue weighted by Crippen LogP contribution is 2.22. The lowest BCUT2D eigenvalue weighted by molar-refractivity contribution is -0.121. The Morgan fingerprint density at radius 2 is 2.04 bits per heavy atom. The van der Waals surface area contributed by atoms with Crippen LogP contribution in [0.15, 0.2) is 18.2 Å². The molecule has 1 atom stereocenters. The van der Waals surface area contributed by atoms with Gasteiger partial charge >= 0.3 is 6.03 Å². The molecule has 1 fully saturated rings. The number of benzene rings is 1. The summed E-state index contributed by atoms with van der Waals surface area (Å²) in [4.78, 5) is 24.7. The Balaban J connectivity index is 1.66. The van der Waals surface area contributed by atoms with Gasteiger partial charge in [-0.05, 0) is 37.8 Å². The minimum atomic E-state index is -0.331. The summed E-state index contributed by atoms with van der Waals surface area (Å²) >= 11 is 0. The van der Waals surface area contributed by atoms with Crippen molar-refractivity contribution in [2.75, 3.05) is 26.2 Å². The zero-order valence-corrected chi connectivity index (χ0v) is 13.8. The summed E-state index contributed by atoms with van der Waals surface area (Å²) in [5, 5.41) is 2.85. The van der Waals surface area contributed by atoms with Crippen LogP contribution >= 0.6 is 0 Å². The fourth-order valence-corrected chi connectivity index (χ4v) is 2.76. The summed E-state index contributed by atoms with van der Waals surface area (Å²) in [6, 6.07) is 5.91. The summed E-state index contributed by atoms with van der Waals surface area (Å²) in [6.45, 7) is 6.13.